The summed E-state index contributed by atoms with van der Waals surface area (Å²) in [6.45, 7) is 4.37. The van der Waals surface area contributed by atoms with E-state index in [2.05, 4.69) is 10.1 Å². The zero-order chi connectivity index (χ0) is 22.0. The van der Waals surface area contributed by atoms with E-state index in [0.29, 0.717) is 34.7 Å². The first-order valence-corrected chi connectivity index (χ1v) is 10.4. The molecule has 31 heavy (non-hydrogen) atoms. The molecule has 0 saturated carbocycles. The molecule has 4 aromatic rings. The maximum absolute atomic E-state index is 6.22. The van der Waals surface area contributed by atoms with Crippen molar-refractivity contribution in [1.82, 2.24) is 10.1 Å². The van der Waals surface area contributed by atoms with Gasteiger partial charge >= 0.3 is 0 Å². The quantitative estimate of drug-likeness (QED) is 0.316. The van der Waals surface area contributed by atoms with E-state index in [1.54, 1.807) is 25.3 Å². The van der Waals surface area contributed by atoms with Crippen LogP contribution in [0.4, 0.5) is 0 Å². The van der Waals surface area contributed by atoms with Crippen LogP contribution in [0.15, 0.2) is 59.1 Å². The van der Waals surface area contributed by atoms with Gasteiger partial charge in [0.2, 0.25) is 5.82 Å². The van der Waals surface area contributed by atoms with E-state index in [9.17, 15) is 0 Å². The number of hydrogen-bond donors (Lipinski definition) is 0. The average Bonchev–Trinajstić information content (AvgIpc) is 3.26. The number of ether oxygens (including phenoxy) is 2. The zero-order valence-electron chi connectivity index (χ0n) is 17.3. The molecule has 5 nitrogen and oxygen atoms in total. The SMILES string of the molecule is COc1ccc(Cl)cc1-c1noc(-c2ccc(COc3cc(C)c(Cl)c(C)c3)cc2)n1. The summed E-state index contributed by atoms with van der Waals surface area (Å²) in [6.07, 6.45) is 0. The third-order valence-electron chi connectivity index (χ3n) is 4.84. The Bertz CT molecular complexity index is 1200. The van der Waals surface area contributed by atoms with Gasteiger partial charge in [-0.25, -0.2) is 0 Å². The number of benzene rings is 3. The highest BCUT2D eigenvalue weighted by molar-refractivity contribution is 6.32. The molecule has 7 heteroatoms. The first-order chi connectivity index (χ1) is 14.9. The van der Waals surface area contributed by atoms with Crippen LogP contribution in [0.2, 0.25) is 10.0 Å². The molecule has 4 rings (SSSR count). The Morgan fingerprint density at radius 3 is 2.32 bits per heavy atom. The highest BCUT2D eigenvalue weighted by Gasteiger charge is 2.15. The molecule has 0 unspecified atom stereocenters. The number of aromatic nitrogens is 2. The van der Waals surface area contributed by atoms with Crippen LogP contribution in [0.3, 0.4) is 0 Å². The van der Waals surface area contributed by atoms with Gasteiger partial charge in [-0.1, -0.05) is 40.5 Å². The van der Waals surface area contributed by atoms with E-state index >= 15 is 0 Å². The molecule has 1 heterocycles. The van der Waals surface area contributed by atoms with E-state index in [1.807, 2.05) is 50.2 Å². The lowest BCUT2D eigenvalue weighted by atomic mass is 10.1. The van der Waals surface area contributed by atoms with Gasteiger partial charge in [-0.15, -0.1) is 0 Å². The topological polar surface area (TPSA) is 57.4 Å². The summed E-state index contributed by atoms with van der Waals surface area (Å²) in [4.78, 5) is 4.49. The molecule has 0 fully saturated rings. The van der Waals surface area contributed by atoms with Crippen molar-refractivity contribution >= 4 is 23.2 Å². The second-order valence-electron chi connectivity index (χ2n) is 7.12. The minimum atomic E-state index is 0.411. The smallest absolute Gasteiger partial charge is 0.258 e. The van der Waals surface area contributed by atoms with Crippen molar-refractivity contribution in [1.29, 1.82) is 0 Å². The lowest BCUT2D eigenvalue weighted by Gasteiger charge is -2.10. The Morgan fingerprint density at radius 2 is 1.65 bits per heavy atom. The molecule has 0 spiro atoms. The van der Waals surface area contributed by atoms with Gasteiger partial charge in [-0.05, 0) is 73.0 Å². The maximum atomic E-state index is 6.22. The van der Waals surface area contributed by atoms with Gasteiger partial charge in [0.25, 0.3) is 5.89 Å². The summed E-state index contributed by atoms with van der Waals surface area (Å²) >= 11 is 12.3. The molecule has 1 aromatic heterocycles. The Morgan fingerprint density at radius 1 is 0.935 bits per heavy atom. The number of rotatable bonds is 6. The normalized spacial score (nSPS) is 10.9. The van der Waals surface area contributed by atoms with E-state index in [1.165, 1.54) is 0 Å². The third kappa shape index (κ3) is 4.68. The largest absolute Gasteiger partial charge is 0.496 e. The summed E-state index contributed by atoms with van der Waals surface area (Å²) in [5, 5.41) is 5.41. The monoisotopic (exact) mass is 454 g/mol. The third-order valence-corrected chi connectivity index (χ3v) is 5.68. The molecule has 158 valence electrons. The van der Waals surface area contributed by atoms with Crippen LogP contribution in [0.5, 0.6) is 11.5 Å². The summed E-state index contributed by atoms with van der Waals surface area (Å²) in [6, 6.07) is 16.9. The fourth-order valence-corrected chi connectivity index (χ4v) is 3.49. The van der Waals surface area contributed by atoms with Gasteiger partial charge in [0.05, 0.1) is 12.7 Å². The van der Waals surface area contributed by atoms with Crippen LogP contribution in [0.25, 0.3) is 22.8 Å². The minimum absolute atomic E-state index is 0.411. The number of aryl methyl sites for hydroxylation is 2. The van der Waals surface area contributed by atoms with Gasteiger partial charge < -0.3 is 14.0 Å². The number of hydrogen-bond acceptors (Lipinski definition) is 5. The van der Waals surface area contributed by atoms with Gasteiger partial charge in [0, 0.05) is 15.6 Å². The molecular formula is C24H20Cl2N2O3. The van der Waals surface area contributed by atoms with Crippen LogP contribution in [0.1, 0.15) is 16.7 Å². The zero-order valence-corrected chi connectivity index (χ0v) is 18.8. The molecule has 0 aliphatic rings. The minimum Gasteiger partial charge on any atom is -0.496 e. The van der Waals surface area contributed by atoms with E-state index in [-0.39, 0.29) is 0 Å². The molecule has 0 N–H and O–H groups in total. The van der Waals surface area contributed by atoms with Crippen molar-refractivity contribution in [2.45, 2.75) is 20.5 Å². The maximum Gasteiger partial charge on any atom is 0.258 e. The molecule has 0 aliphatic heterocycles. The van der Waals surface area contributed by atoms with Crippen LogP contribution >= 0.6 is 23.2 Å². The average molecular weight is 455 g/mol. The number of methoxy groups -OCH3 is 1. The second kappa shape index (κ2) is 9.00. The Balaban J connectivity index is 1.49. The van der Waals surface area contributed by atoms with Crippen molar-refractivity contribution in [2.75, 3.05) is 7.11 Å². The van der Waals surface area contributed by atoms with Crippen molar-refractivity contribution in [3.8, 4) is 34.3 Å². The molecule has 3 aromatic carbocycles. The first-order valence-electron chi connectivity index (χ1n) is 9.61. The summed E-state index contributed by atoms with van der Waals surface area (Å²) in [5.74, 6) is 2.24. The summed E-state index contributed by atoms with van der Waals surface area (Å²) in [7, 11) is 1.58. The molecule has 0 bridgehead atoms. The second-order valence-corrected chi connectivity index (χ2v) is 7.94. The van der Waals surface area contributed by atoms with E-state index in [0.717, 1.165) is 33.0 Å². The molecule has 0 atom stereocenters. The molecule has 0 amide bonds. The van der Waals surface area contributed by atoms with E-state index < -0.39 is 0 Å². The fourth-order valence-electron chi connectivity index (χ4n) is 3.20. The lowest BCUT2D eigenvalue weighted by molar-refractivity contribution is 0.306. The standard InChI is InChI=1S/C24H20Cl2N2O3/c1-14-10-19(11-15(2)22(14)26)30-13-16-4-6-17(7-5-16)24-27-23(28-31-24)20-12-18(25)8-9-21(20)29-3/h4-12H,13H2,1-3H3. The van der Waals surface area contributed by atoms with Crippen LogP contribution in [0, 0.1) is 13.8 Å². The van der Waals surface area contributed by atoms with Gasteiger partial charge in [-0.3, -0.25) is 0 Å². The molecule has 0 radical (unpaired) electrons. The number of halogens is 2. The predicted molar refractivity (Wildman–Crippen MR) is 122 cm³/mol. The van der Waals surface area contributed by atoms with Gasteiger partial charge in [0.1, 0.15) is 18.1 Å². The molecule has 0 aliphatic carbocycles. The summed E-state index contributed by atoms with van der Waals surface area (Å²) in [5.41, 5.74) is 4.49. The highest BCUT2D eigenvalue weighted by Crippen LogP contribution is 2.32. The summed E-state index contributed by atoms with van der Waals surface area (Å²) < 4.78 is 16.7. The van der Waals surface area contributed by atoms with Crippen molar-refractivity contribution < 1.29 is 14.0 Å². The first kappa shape index (κ1) is 21.2. The van der Waals surface area contributed by atoms with Gasteiger partial charge in [-0.2, -0.15) is 4.98 Å². The Hall–Kier alpha value is -3.02. The van der Waals surface area contributed by atoms with Crippen molar-refractivity contribution in [2.24, 2.45) is 0 Å². The van der Waals surface area contributed by atoms with Crippen LogP contribution < -0.4 is 9.47 Å². The fraction of sp³-hybridized carbons (Fsp3) is 0.167. The molecular weight excluding hydrogens is 435 g/mol. The van der Waals surface area contributed by atoms with Gasteiger partial charge in [0.15, 0.2) is 0 Å². The van der Waals surface area contributed by atoms with Crippen LogP contribution in [-0.4, -0.2) is 17.3 Å². The number of nitrogens with zero attached hydrogens (tertiary/aromatic N) is 2. The lowest BCUT2D eigenvalue weighted by Crippen LogP contribution is -1.96. The van der Waals surface area contributed by atoms with E-state index in [4.69, 9.17) is 37.2 Å². The van der Waals surface area contributed by atoms with Crippen LogP contribution in [-0.2, 0) is 6.61 Å². The van der Waals surface area contributed by atoms with Crippen molar-refractivity contribution in [3.05, 3.63) is 81.3 Å². The Labute approximate surface area is 190 Å². The Kier molecular flexibility index (Phi) is 6.16. The highest BCUT2D eigenvalue weighted by atomic mass is 35.5. The predicted octanol–water partition coefficient (Wildman–Crippen LogP) is 6.91. The molecule has 0 saturated heterocycles. The van der Waals surface area contributed by atoms with Crippen molar-refractivity contribution in [3.63, 3.8) is 0 Å².